The number of ether oxygens (including phenoxy) is 1. The van der Waals surface area contributed by atoms with Crippen molar-refractivity contribution in [2.24, 2.45) is 0 Å². The summed E-state index contributed by atoms with van der Waals surface area (Å²) >= 11 is 7.27. The number of hydrogen-bond donors (Lipinski definition) is 0. The van der Waals surface area contributed by atoms with Gasteiger partial charge in [-0.05, 0) is 6.92 Å². The molecule has 0 N–H and O–H groups in total. The molecule has 0 amide bonds. The normalized spacial score (nSPS) is 21.5. The van der Waals surface area contributed by atoms with Crippen LogP contribution in [0.5, 0.6) is 0 Å². The van der Waals surface area contributed by atoms with Gasteiger partial charge in [0.2, 0.25) is 0 Å². The highest BCUT2D eigenvalue weighted by molar-refractivity contribution is 7.15. The van der Waals surface area contributed by atoms with E-state index in [4.69, 9.17) is 16.3 Å². The topological polar surface area (TPSA) is 71.7 Å². The van der Waals surface area contributed by atoms with Crippen LogP contribution in [0.4, 0.5) is 0 Å². The molecule has 1 unspecified atom stereocenters. The second-order valence-electron chi connectivity index (χ2n) is 5.17. The minimum atomic E-state index is -0.261. The minimum Gasteiger partial charge on any atom is -0.359 e. The van der Waals surface area contributed by atoms with Gasteiger partial charge >= 0.3 is 0 Å². The van der Waals surface area contributed by atoms with Crippen molar-refractivity contribution >= 4 is 22.9 Å². The first-order valence-electron chi connectivity index (χ1n) is 7.21. The summed E-state index contributed by atoms with van der Waals surface area (Å²) in [6.07, 6.45) is 2.75. The molecule has 1 atom stereocenters. The number of allylic oxidation sites excluding steroid dienone is 1. The van der Waals surface area contributed by atoms with Crippen LogP contribution in [0.15, 0.2) is 17.7 Å². The molecule has 120 valence electrons. The fourth-order valence-corrected chi connectivity index (χ4v) is 4.01. The average Bonchev–Trinajstić information content (AvgIpc) is 3.07. The highest BCUT2D eigenvalue weighted by Crippen LogP contribution is 2.35. The van der Waals surface area contributed by atoms with Crippen LogP contribution in [0.2, 0.25) is 4.47 Å². The molecule has 0 spiro atoms. The lowest BCUT2D eigenvalue weighted by Crippen LogP contribution is -2.40. The Morgan fingerprint density at radius 1 is 1.59 bits per heavy atom. The zero-order valence-corrected chi connectivity index (χ0v) is 13.8. The summed E-state index contributed by atoms with van der Waals surface area (Å²) in [6.45, 7) is 4.62. The van der Waals surface area contributed by atoms with Crippen LogP contribution in [0.1, 0.15) is 24.6 Å². The molecule has 0 aromatic carbocycles. The summed E-state index contributed by atoms with van der Waals surface area (Å²) in [4.78, 5) is 20.2. The second-order valence-corrected chi connectivity index (χ2v) is 6.87. The maximum absolute atomic E-state index is 11.4. The van der Waals surface area contributed by atoms with Crippen molar-refractivity contribution in [2.45, 2.75) is 32.5 Å². The van der Waals surface area contributed by atoms with Crippen molar-refractivity contribution < 1.29 is 9.66 Å². The molecule has 7 nitrogen and oxygen atoms in total. The van der Waals surface area contributed by atoms with Crippen LogP contribution < -0.4 is 0 Å². The van der Waals surface area contributed by atoms with E-state index >= 15 is 0 Å². The van der Waals surface area contributed by atoms with Crippen LogP contribution in [-0.4, -0.2) is 45.6 Å². The van der Waals surface area contributed by atoms with Gasteiger partial charge in [0, 0.05) is 43.6 Å². The standard InChI is InChI=1S/C13H17ClN4O3S/c1-2-21-11-4-3-10(18(19)20)12-16(5-6-17(11)12)8-9-7-15-13(14)22-9/h7,11H,2-6,8H2,1H3. The van der Waals surface area contributed by atoms with Gasteiger partial charge in [-0.2, -0.15) is 0 Å². The zero-order valence-electron chi connectivity index (χ0n) is 12.2. The number of halogens is 1. The first-order chi connectivity index (χ1) is 10.6. The molecule has 0 saturated carbocycles. The Morgan fingerprint density at radius 2 is 2.41 bits per heavy atom. The molecule has 3 rings (SSSR count). The van der Waals surface area contributed by atoms with Gasteiger partial charge in [0.05, 0.1) is 11.5 Å². The molecular weight excluding hydrogens is 328 g/mol. The quantitative estimate of drug-likeness (QED) is 0.603. The van der Waals surface area contributed by atoms with Crippen LogP contribution >= 0.6 is 22.9 Å². The predicted octanol–water partition coefficient (Wildman–Crippen LogP) is 2.52. The maximum Gasteiger partial charge on any atom is 0.286 e. The SMILES string of the molecule is CCOC1CCC([N+](=O)[O-])=C2N(Cc3cnc(Cl)s3)CCN21. The van der Waals surface area contributed by atoms with Gasteiger partial charge in [-0.15, -0.1) is 11.3 Å². The summed E-state index contributed by atoms with van der Waals surface area (Å²) < 4.78 is 6.23. The molecule has 0 aliphatic carbocycles. The number of thiazole rings is 1. The van der Waals surface area contributed by atoms with Crippen LogP contribution in [0.25, 0.3) is 0 Å². The Hall–Kier alpha value is -1.38. The van der Waals surface area contributed by atoms with Gasteiger partial charge in [0.15, 0.2) is 10.3 Å². The Balaban J connectivity index is 1.87. The van der Waals surface area contributed by atoms with E-state index in [9.17, 15) is 10.1 Å². The maximum atomic E-state index is 11.4. The van der Waals surface area contributed by atoms with Crippen LogP contribution in [-0.2, 0) is 11.3 Å². The number of rotatable bonds is 5. The summed E-state index contributed by atoms with van der Waals surface area (Å²) in [6, 6.07) is 0. The average molecular weight is 345 g/mol. The Bertz CT molecular complexity index is 606. The Labute approximate surface area is 137 Å². The molecule has 2 aliphatic rings. The molecule has 22 heavy (non-hydrogen) atoms. The molecule has 1 aromatic heterocycles. The predicted molar refractivity (Wildman–Crippen MR) is 82.9 cm³/mol. The van der Waals surface area contributed by atoms with Crippen molar-refractivity contribution in [3.63, 3.8) is 0 Å². The lowest BCUT2D eigenvalue weighted by atomic mass is 10.1. The lowest BCUT2D eigenvalue weighted by Gasteiger charge is -2.34. The van der Waals surface area contributed by atoms with E-state index < -0.39 is 0 Å². The van der Waals surface area contributed by atoms with Gasteiger partial charge in [0.1, 0.15) is 6.23 Å². The molecule has 2 aliphatic heterocycles. The van der Waals surface area contributed by atoms with Crippen molar-refractivity contribution in [2.75, 3.05) is 19.7 Å². The first kappa shape index (κ1) is 15.5. The number of nitrogens with zero attached hydrogens (tertiary/aromatic N) is 4. The summed E-state index contributed by atoms with van der Waals surface area (Å²) in [5.74, 6) is 0.694. The zero-order chi connectivity index (χ0) is 15.7. The summed E-state index contributed by atoms with van der Waals surface area (Å²) in [7, 11) is 0. The third-order valence-electron chi connectivity index (χ3n) is 3.87. The van der Waals surface area contributed by atoms with Gasteiger partial charge in [-0.1, -0.05) is 11.6 Å². The fraction of sp³-hybridized carbons (Fsp3) is 0.615. The van der Waals surface area contributed by atoms with Gasteiger partial charge in [0.25, 0.3) is 5.70 Å². The van der Waals surface area contributed by atoms with E-state index in [2.05, 4.69) is 4.98 Å². The van der Waals surface area contributed by atoms with Crippen molar-refractivity contribution in [3.8, 4) is 0 Å². The highest BCUT2D eigenvalue weighted by Gasteiger charge is 2.41. The molecule has 1 fully saturated rings. The molecule has 1 aromatic rings. The third-order valence-corrected chi connectivity index (χ3v) is 4.97. The molecule has 1 saturated heterocycles. The second kappa shape index (κ2) is 6.39. The monoisotopic (exact) mass is 344 g/mol. The molecular formula is C13H17ClN4O3S. The Kier molecular flexibility index (Phi) is 4.51. The minimum absolute atomic E-state index is 0.0706. The number of hydrogen-bond acceptors (Lipinski definition) is 7. The Morgan fingerprint density at radius 3 is 3.05 bits per heavy atom. The highest BCUT2D eigenvalue weighted by atomic mass is 35.5. The first-order valence-corrected chi connectivity index (χ1v) is 8.40. The van der Waals surface area contributed by atoms with Gasteiger partial charge < -0.3 is 14.5 Å². The van der Waals surface area contributed by atoms with Crippen molar-refractivity contribution in [1.82, 2.24) is 14.8 Å². The number of fused-ring (bicyclic) bond motifs is 1. The lowest BCUT2D eigenvalue weighted by molar-refractivity contribution is -0.433. The van der Waals surface area contributed by atoms with Crippen molar-refractivity contribution in [1.29, 1.82) is 0 Å². The fourth-order valence-electron chi connectivity index (χ4n) is 3.02. The number of nitro groups is 1. The smallest absolute Gasteiger partial charge is 0.286 e. The largest absolute Gasteiger partial charge is 0.359 e. The summed E-state index contributed by atoms with van der Waals surface area (Å²) in [5.41, 5.74) is 0.282. The van der Waals surface area contributed by atoms with Crippen LogP contribution in [0.3, 0.4) is 0 Å². The van der Waals surface area contributed by atoms with E-state index in [0.717, 1.165) is 18.0 Å². The summed E-state index contributed by atoms with van der Waals surface area (Å²) in [5, 5.41) is 11.4. The van der Waals surface area contributed by atoms with E-state index in [1.807, 2.05) is 16.7 Å². The van der Waals surface area contributed by atoms with E-state index in [-0.39, 0.29) is 16.8 Å². The molecule has 9 heteroatoms. The van der Waals surface area contributed by atoms with E-state index in [1.165, 1.54) is 11.3 Å². The molecule has 0 radical (unpaired) electrons. The van der Waals surface area contributed by atoms with E-state index in [0.29, 0.717) is 36.3 Å². The number of aromatic nitrogens is 1. The molecule has 3 heterocycles. The van der Waals surface area contributed by atoms with Gasteiger partial charge in [-0.25, -0.2) is 4.98 Å². The third kappa shape index (κ3) is 2.90. The van der Waals surface area contributed by atoms with E-state index in [1.54, 1.807) is 6.20 Å². The van der Waals surface area contributed by atoms with Crippen molar-refractivity contribution in [3.05, 3.63) is 37.2 Å². The molecule has 0 bridgehead atoms. The van der Waals surface area contributed by atoms with Gasteiger partial charge in [-0.3, -0.25) is 10.1 Å². The van der Waals surface area contributed by atoms with Crippen LogP contribution in [0, 0.1) is 10.1 Å².